The molecule has 0 aliphatic carbocycles. The zero-order valence-corrected chi connectivity index (χ0v) is 15.4. The monoisotopic (exact) mass is 364 g/mol. The smallest absolute Gasteiger partial charge is 0.218 e. The zero-order chi connectivity index (χ0) is 16.6. The third-order valence-electron chi connectivity index (χ3n) is 4.43. The summed E-state index contributed by atoms with van der Waals surface area (Å²) in [5.74, 6) is 2.61. The van der Waals surface area contributed by atoms with Crippen LogP contribution in [0.1, 0.15) is 17.1 Å². The molecule has 0 aromatic carbocycles. The molecule has 0 amide bonds. The van der Waals surface area contributed by atoms with Gasteiger partial charge in [-0.1, -0.05) is 0 Å². The van der Waals surface area contributed by atoms with E-state index in [-0.39, 0.29) is 0 Å². The van der Waals surface area contributed by atoms with Gasteiger partial charge in [0, 0.05) is 30.3 Å². The standard InChI is InChI=1S/C16H20N4O2S2/c1-11-19-12(6-23-11)5-22-13-4-16(24-7-13)8-20(9-16)14-3-15(21-2)18-10-17-14/h3,6,10,13H,4-5,7-9H2,1-2H3. The van der Waals surface area contributed by atoms with Gasteiger partial charge in [-0.15, -0.1) is 23.1 Å². The predicted octanol–water partition coefficient (Wildman–Crippen LogP) is 2.53. The van der Waals surface area contributed by atoms with E-state index in [0.29, 0.717) is 23.3 Å². The number of thiazole rings is 1. The third-order valence-corrected chi connectivity index (χ3v) is 6.83. The first-order valence-electron chi connectivity index (χ1n) is 7.93. The van der Waals surface area contributed by atoms with Crippen molar-refractivity contribution in [1.82, 2.24) is 15.0 Å². The van der Waals surface area contributed by atoms with Crippen LogP contribution in [0.5, 0.6) is 5.88 Å². The van der Waals surface area contributed by atoms with Crippen LogP contribution in [0, 0.1) is 6.92 Å². The molecule has 4 heterocycles. The Hall–Kier alpha value is -1.38. The highest BCUT2D eigenvalue weighted by Crippen LogP contribution is 2.47. The van der Waals surface area contributed by atoms with Crippen LogP contribution < -0.4 is 9.64 Å². The van der Waals surface area contributed by atoms with Gasteiger partial charge >= 0.3 is 0 Å². The molecule has 2 aliphatic rings. The van der Waals surface area contributed by atoms with Gasteiger partial charge in [-0.2, -0.15) is 0 Å². The molecule has 1 atom stereocenters. The molecule has 0 saturated carbocycles. The molecule has 2 aromatic rings. The summed E-state index contributed by atoms with van der Waals surface area (Å²) in [4.78, 5) is 15.2. The molecule has 4 rings (SSSR count). The second-order valence-corrected chi connectivity index (χ2v) is 8.81. The minimum atomic E-state index is 0.306. The molecule has 0 N–H and O–H groups in total. The quantitative estimate of drug-likeness (QED) is 0.808. The molecule has 2 saturated heterocycles. The van der Waals surface area contributed by atoms with Crippen molar-refractivity contribution >= 4 is 28.9 Å². The summed E-state index contributed by atoms with van der Waals surface area (Å²) in [5, 5.41) is 3.18. The highest BCUT2D eigenvalue weighted by molar-refractivity contribution is 8.01. The highest BCUT2D eigenvalue weighted by Gasteiger charge is 2.49. The summed E-state index contributed by atoms with van der Waals surface area (Å²) in [5.41, 5.74) is 1.05. The zero-order valence-electron chi connectivity index (χ0n) is 13.8. The van der Waals surface area contributed by atoms with E-state index in [1.807, 2.05) is 24.8 Å². The van der Waals surface area contributed by atoms with Gasteiger partial charge in [0.2, 0.25) is 5.88 Å². The third kappa shape index (κ3) is 3.22. The van der Waals surface area contributed by atoms with Gasteiger partial charge in [0.05, 0.1) is 35.3 Å². The second-order valence-electron chi connectivity index (χ2n) is 6.26. The van der Waals surface area contributed by atoms with Crippen molar-refractivity contribution in [3.05, 3.63) is 28.5 Å². The molecule has 2 aromatic heterocycles. The fourth-order valence-electron chi connectivity index (χ4n) is 3.23. The Morgan fingerprint density at radius 1 is 1.38 bits per heavy atom. The Morgan fingerprint density at radius 2 is 2.25 bits per heavy atom. The maximum atomic E-state index is 6.07. The predicted molar refractivity (Wildman–Crippen MR) is 96.0 cm³/mol. The molecule has 128 valence electrons. The van der Waals surface area contributed by atoms with Crippen molar-refractivity contribution < 1.29 is 9.47 Å². The van der Waals surface area contributed by atoms with E-state index in [1.54, 1.807) is 24.8 Å². The van der Waals surface area contributed by atoms with Crippen LogP contribution >= 0.6 is 23.1 Å². The molecular formula is C16H20N4O2S2. The number of rotatable bonds is 5. The minimum Gasteiger partial charge on any atom is -0.481 e. The van der Waals surface area contributed by atoms with E-state index >= 15 is 0 Å². The molecule has 0 radical (unpaired) electrons. The molecular weight excluding hydrogens is 344 g/mol. The van der Waals surface area contributed by atoms with Gasteiger partial charge in [0.1, 0.15) is 12.1 Å². The largest absolute Gasteiger partial charge is 0.481 e. The normalized spacial score (nSPS) is 21.9. The van der Waals surface area contributed by atoms with Crippen molar-refractivity contribution in [2.24, 2.45) is 0 Å². The summed E-state index contributed by atoms with van der Waals surface area (Å²) < 4.78 is 11.6. The van der Waals surface area contributed by atoms with Crippen molar-refractivity contribution in [3.63, 3.8) is 0 Å². The number of thioether (sulfide) groups is 1. The van der Waals surface area contributed by atoms with E-state index in [2.05, 4.69) is 25.2 Å². The Bertz CT molecular complexity index is 718. The van der Waals surface area contributed by atoms with Crippen molar-refractivity contribution in [1.29, 1.82) is 0 Å². The van der Waals surface area contributed by atoms with E-state index in [9.17, 15) is 0 Å². The number of hydrogen-bond donors (Lipinski definition) is 0. The fraction of sp³-hybridized carbons (Fsp3) is 0.562. The molecule has 2 aliphatic heterocycles. The lowest BCUT2D eigenvalue weighted by Crippen LogP contribution is -2.59. The Morgan fingerprint density at radius 3 is 3.00 bits per heavy atom. The maximum absolute atomic E-state index is 6.07. The first-order chi connectivity index (χ1) is 11.7. The van der Waals surface area contributed by atoms with Gasteiger partial charge < -0.3 is 14.4 Å². The van der Waals surface area contributed by atoms with Crippen LogP contribution in [-0.2, 0) is 11.3 Å². The van der Waals surface area contributed by atoms with E-state index in [1.165, 1.54) is 0 Å². The first-order valence-corrected chi connectivity index (χ1v) is 9.80. The van der Waals surface area contributed by atoms with Gasteiger partial charge in [-0.25, -0.2) is 15.0 Å². The molecule has 8 heteroatoms. The number of ether oxygens (including phenoxy) is 2. The summed E-state index contributed by atoms with van der Waals surface area (Å²) >= 11 is 3.71. The average Bonchev–Trinajstić information content (AvgIpc) is 3.18. The van der Waals surface area contributed by atoms with Gasteiger partial charge in [-0.3, -0.25) is 0 Å². The number of anilines is 1. The maximum Gasteiger partial charge on any atom is 0.218 e. The summed E-state index contributed by atoms with van der Waals surface area (Å²) in [6.45, 7) is 4.67. The summed E-state index contributed by atoms with van der Waals surface area (Å²) in [6.07, 6.45) is 2.97. The topological polar surface area (TPSA) is 60.4 Å². The SMILES string of the molecule is COc1cc(N2CC3(CC(OCc4csc(C)n4)CS3)C2)ncn1. The summed E-state index contributed by atoms with van der Waals surface area (Å²) in [6, 6.07) is 1.89. The number of methoxy groups -OCH3 is 1. The van der Waals surface area contributed by atoms with Gasteiger partial charge in [0.15, 0.2) is 0 Å². The fourth-order valence-corrected chi connectivity index (χ4v) is 5.38. The number of nitrogens with zero attached hydrogens (tertiary/aromatic N) is 4. The Balaban J connectivity index is 1.29. The number of aryl methyl sites for hydroxylation is 1. The van der Waals surface area contributed by atoms with E-state index in [0.717, 1.165) is 41.8 Å². The second kappa shape index (κ2) is 6.50. The Labute approximate surface area is 149 Å². The van der Waals surface area contributed by atoms with Crippen LogP contribution in [0.3, 0.4) is 0 Å². The van der Waals surface area contributed by atoms with E-state index in [4.69, 9.17) is 9.47 Å². The molecule has 1 unspecified atom stereocenters. The average molecular weight is 364 g/mol. The molecule has 0 bridgehead atoms. The van der Waals surface area contributed by atoms with Crippen LogP contribution in [0.25, 0.3) is 0 Å². The number of aromatic nitrogens is 3. The molecule has 24 heavy (non-hydrogen) atoms. The molecule has 2 fully saturated rings. The number of hydrogen-bond acceptors (Lipinski definition) is 8. The lowest BCUT2D eigenvalue weighted by atomic mass is 9.93. The molecule has 1 spiro atoms. The van der Waals surface area contributed by atoms with Crippen LogP contribution in [0.4, 0.5) is 5.82 Å². The van der Waals surface area contributed by atoms with Crippen molar-refractivity contribution in [2.45, 2.75) is 30.8 Å². The van der Waals surface area contributed by atoms with Gasteiger partial charge in [-0.05, 0) is 13.3 Å². The van der Waals surface area contributed by atoms with Crippen molar-refractivity contribution in [3.8, 4) is 5.88 Å². The van der Waals surface area contributed by atoms with Crippen LogP contribution in [-0.4, -0.2) is 51.8 Å². The summed E-state index contributed by atoms with van der Waals surface area (Å²) in [7, 11) is 1.63. The van der Waals surface area contributed by atoms with Crippen molar-refractivity contribution in [2.75, 3.05) is 30.9 Å². The van der Waals surface area contributed by atoms with E-state index < -0.39 is 0 Å². The highest BCUT2D eigenvalue weighted by atomic mass is 32.2. The lowest BCUT2D eigenvalue weighted by Gasteiger charge is -2.48. The first kappa shape index (κ1) is 16.1. The minimum absolute atomic E-state index is 0.306. The van der Waals surface area contributed by atoms with Crippen LogP contribution in [0.15, 0.2) is 17.8 Å². The van der Waals surface area contributed by atoms with Gasteiger partial charge in [0.25, 0.3) is 0 Å². The van der Waals surface area contributed by atoms with Crippen LogP contribution in [0.2, 0.25) is 0 Å². The molecule has 6 nitrogen and oxygen atoms in total. The Kier molecular flexibility index (Phi) is 4.36. The lowest BCUT2D eigenvalue weighted by molar-refractivity contribution is 0.0461.